The van der Waals surface area contributed by atoms with Crippen LogP contribution in [0.3, 0.4) is 0 Å². The van der Waals surface area contributed by atoms with Crippen molar-refractivity contribution in [2.45, 2.75) is 58.3 Å². The Morgan fingerprint density at radius 3 is 2.36 bits per heavy atom. The monoisotopic (exact) mass is 508 g/mol. The molecule has 4 rings (SSSR count). The third-order valence-electron chi connectivity index (χ3n) is 8.11. The number of anilines is 1. The second-order valence-electron chi connectivity index (χ2n) is 11.2. The summed E-state index contributed by atoms with van der Waals surface area (Å²) in [5, 5.41) is 0.513. The number of benzene rings is 2. The van der Waals surface area contributed by atoms with Crippen LogP contribution in [0, 0.1) is 11.3 Å². The van der Waals surface area contributed by atoms with Crippen LogP contribution < -0.4 is 4.90 Å². The fourth-order valence-corrected chi connectivity index (χ4v) is 6.03. The summed E-state index contributed by atoms with van der Waals surface area (Å²) in [5.74, 6) is 0.580. The molecular formula is C29H38BClN2O3. The second-order valence-corrected chi connectivity index (χ2v) is 11.6. The van der Waals surface area contributed by atoms with Gasteiger partial charge in [0, 0.05) is 32.9 Å². The summed E-state index contributed by atoms with van der Waals surface area (Å²) in [7, 11) is 3.48. The number of rotatable bonds is 7. The molecule has 0 radical (unpaired) electrons. The summed E-state index contributed by atoms with van der Waals surface area (Å²) in [5.41, 5.74) is 3.00. The average Bonchev–Trinajstić information content (AvgIpc) is 2.88. The Kier molecular flexibility index (Phi) is 8.66. The molecule has 0 spiro atoms. The zero-order chi connectivity index (χ0) is 25.7. The maximum Gasteiger partial charge on any atom is 0.278 e. The first-order valence-electron chi connectivity index (χ1n) is 13.2. The van der Waals surface area contributed by atoms with E-state index in [4.69, 9.17) is 16.3 Å². The summed E-state index contributed by atoms with van der Waals surface area (Å²) in [6, 6.07) is 15.7. The van der Waals surface area contributed by atoms with Crippen LogP contribution in [0.25, 0.3) is 0 Å². The largest absolute Gasteiger partial charge is 0.469 e. The molecule has 2 heterocycles. The molecule has 2 aromatic carbocycles. The predicted octanol–water partition coefficient (Wildman–Crippen LogP) is 6.86. The van der Waals surface area contributed by atoms with Gasteiger partial charge >= 0.3 is 0 Å². The molecule has 0 N–H and O–H groups in total. The third kappa shape index (κ3) is 6.64. The number of carbonyl (C=O) groups is 2. The van der Waals surface area contributed by atoms with Crippen molar-refractivity contribution in [3.05, 3.63) is 64.7 Å². The van der Waals surface area contributed by atoms with Gasteiger partial charge in [0.25, 0.3) is 18.5 Å². The van der Waals surface area contributed by atoms with E-state index in [1.54, 1.807) is 19.0 Å². The highest BCUT2D eigenvalue weighted by molar-refractivity contribution is 6.88. The van der Waals surface area contributed by atoms with Gasteiger partial charge in [0.1, 0.15) is 6.61 Å². The Hall–Kier alpha value is -2.47. The minimum Gasteiger partial charge on any atom is -0.469 e. The molecule has 0 bridgehead atoms. The molecule has 2 fully saturated rings. The molecule has 192 valence electrons. The van der Waals surface area contributed by atoms with Gasteiger partial charge in [-0.3, -0.25) is 9.59 Å². The maximum absolute atomic E-state index is 12.6. The lowest BCUT2D eigenvalue weighted by atomic mass is 9.40. The number of hydrogen-bond donors (Lipinski definition) is 0. The first-order chi connectivity index (χ1) is 17.2. The molecule has 36 heavy (non-hydrogen) atoms. The first kappa shape index (κ1) is 26.6. The standard InChI is InChI=1S/C29H38BClN2O3/c1-29(13-17-33(18-14-29)24-9-10-25(26(31)19-24)27(34)32(2)3)20-22-11-15-30(16-12-22)28(35)36-21-23-7-5-4-6-8-23/h4-10,19,22H,11-18,20-21H2,1-3H3. The van der Waals surface area contributed by atoms with Crippen LogP contribution >= 0.6 is 11.6 Å². The zero-order valence-electron chi connectivity index (χ0n) is 21.8. The number of carbonyl (C=O) groups excluding carboxylic acids is 2. The lowest BCUT2D eigenvalue weighted by molar-refractivity contribution is 0.0827. The van der Waals surface area contributed by atoms with Gasteiger partial charge < -0.3 is 14.5 Å². The molecule has 2 aromatic rings. The van der Waals surface area contributed by atoms with E-state index in [-0.39, 0.29) is 18.5 Å². The number of hydrogen-bond acceptors (Lipinski definition) is 4. The molecule has 2 aliphatic heterocycles. The van der Waals surface area contributed by atoms with Gasteiger partial charge in [-0.2, -0.15) is 0 Å². The Labute approximate surface area is 221 Å². The highest BCUT2D eigenvalue weighted by Crippen LogP contribution is 2.42. The molecule has 0 unspecified atom stereocenters. The number of ether oxygens (including phenoxy) is 1. The van der Waals surface area contributed by atoms with Crippen LogP contribution in [-0.2, 0) is 11.3 Å². The van der Waals surface area contributed by atoms with E-state index in [9.17, 15) is 9.59 Å². The van der Waals surface area contributed by atoms with Gasteiger partial charge in [-0.05, 0) is 54.4 Å². The molecule has 1 amide bonds. The van der Waals surface area contributed by atoms with Crippen LogP contribution in [0.1, 0.15) is 54.9 Å². The van der Waals surface area contributed by atoms with Gasteiger partial charge in [-0.15, -0.1) is 0 Å². The van der Waals surface area contributed by atoms with Crippen molar-refractivity contribution in [2.24, 2.45) is 11.3 Å². The van der Waals surface area contributed by atoms with Gasteiger partial charge in [-0.1, -0.05) is 74.3 Å². The Morgan fingerprint density at radius 2 is 1.75 bits per heavy atom. The second kappa shape index (κ2) is 11.7. The fraction of sp³-hybridized carbons (Fsp3) is 0.517. The molecule has 2 saturated heterocycles. The van der Waals surface area contributed by atoms with E-state index in [1.807, 2.05) is 48.5 Å². The Bertz CT molecular complexity index is 1050. The molecule has 5 nitrogen and oxygen atoms in total. The number of halogens is 1. The number of nitrogens with zero attached hydrogens (tertiary/aromatic N) is 2. The minimum atomic E-state index is -0.0723. The Balaban J connectivity index is 1.22. The van der Waals surface area contributed by atoms with E-state index in [0.717, 1.165) is 62.7 Å². The Morgan fingerprint density at radius 1 is 1.08 bits per heavy atom. The molecule has 7 heteroatoms. The molecule has 0 aromatic heterocycles. The molecule has 0 saturated carbocycles. The molecule has 0 atom stereocenters. The van der Waals surface area contributed by atoms with Crippen molar-refractivity contribution in [3.8, 4) is 0 Å². The molecule has 0 aliphatic carbocycles. The zero-order valence-corrected chi connectivity index (χ0v) is 22.6. The summed E-state index contributed by atoms with van der Waals surface area (Å²) in [6.07, 6.45) is 7.62. The van der Waals surface area contributed by atoms with Crippen LogP contribution in [-0.4, -0.2) is 50.6 Å². The van der Waals surface area contributed by atoms with Crippen molar-refractivity contribution in [3.63, 3.8) is 0 Å². The topological polar surface area (TPSA) is 49.9 Å². The summed E-state index contributed by atoms with van der Waals surface area (Å²) in [6.45, 7) is 4.83. The van der Waals surface area contributed by atoms with E-state index in [1.165, 1.54) is 6.42 Å². The normalized spacial score (nSPS) is 18.1. The summed E-state index contributed by atoms with van der Waals surface area (Å²) >= 11 is 6.45. The summed E-state index contributed by atoms with van der Waals surface area (Å²) < 4.78 is 5.59. The van der Waals surface area contributed by atoms with E-state index >= 15 is 0 Å². The first-order valence-corrected chi connectivity index (χ1v) is 13.6. The maximum atomic E-state index is 12.6. The van der Waals surface area contributed by atoms with Crippen molar-refractivity contribution in [1.29, 1.82) is 0 Å². The van der Waals surface area contributed by atoms with Crippen molar-refractivity contribution >= 4 is 35.8 Å². The highest BCUT2D eigenvalue weighted by atomic mass is 35.5. The molecular weight excluding hydrogens is 471 g/mol. The van der Waals surface area contributed by atoms with Gasteiger partial charge in [0.2, 0.25) is 0 Å². The predicted molar refractivity (Wildman–Crippen MR) is 148 cm³/mol. The van der Waals surface area contributed by atoms with Crippen molar-refractivity contribution < 1.29 is 14.3 Å². The average molecular weight is 509 g/mol. The highest BCUT2D eigenvalue weighted by Gasteiger charge is 2.37. The van der Waals surface area contributed by atoms with Crippen molar-refractivity contribution in [1.82, 2.24) is 4.90 Å². The summed E-state index contributed by atoms with van der Waals surface area (Å²) in [4.78, 5) is 28.8. The van der Waals surface area contributed by atoms with Crippen molar-refractivity contribution in [2.75, 3.05) is 32.1 Å². The smallest absolute Gasteiger partial charge is 0.278 e. The third-order valence-corrected chi connectivity index (χ3v) is 8.42. The van der Waals surface area contributed by atoms with Gasteiger partial charge in [0.15, 0.2) is 0 Å². The quantitative estimate of drug-likeness (QED) is 0.383. The van der Waals surface area contributed by atoms with Gasteiger partial charge in [0.05, 0.1) is 10.6 Å². The lowest BCUT2D eigenvalue weighted by Gasteiger charge is -2.43. The SMILES string of the molecule is CN(C)C(=O)c1ccc(N2CCC(C)(CC3CCB(C(=O)OCc4ccccc4)CC3)CC2)cc1Cl. The van der Waals surface area contributed by atoms with Crippen LogP contribution in [0.5, 0.6) is 0 Å². The fourth-order valence-electron chi connectivity index (χ4n) is 5.77. The van der Waals surface area contributed by atoms with E-state index in [0.29, 0.717) is 28.5 Å². The van der Waals surface area contributed by atoms with Crippen LogP contribution in [0.2, 0.25) is 17.7 Å². The van der Waals surface area contributed by atoms with E-state index in [2.05, 4.69) is 11.8 Å². The van der Waals surface area contributed by atoms with E-state index < -0.39 is 0 Å². The number of piperidine rings is 1. The van der Waals surface area contributed by atoms with Crippen LogP contribution in [0.4, 0.5) is 10.5 Å². The number of amides is 1. The van der Waals surface area contributed by atoms with Gasteiger partial charge in [-0.25, -0.2) is 0 Å². The minimum absolute atomic E-state index is 0.0335. The van der Waals surface area contributed by atoms with Crippen LogP contribution in [0.15, 0.2) is 48.5 Å². The lowest BCUT2D eigenvalue weighted by Crippen LogP contribution is -2.40. The molecule has 2 aliphatic rings.